The van der Waals surface area contributed by atoms with E-state index in [9.17, 15) is 0 Å². The van der Waals surface area contributed by atoms with Crippen molar-refractivity contribution in [3.63, 3.8) is 0 Å². The third-order valence-electron chi connectivity index (χ3n) is 2.56. The van der Waals surface area contributed by atoms with Crippen molar-refractivity contribution >= 4 is 16.7 Å². The minimum atomic E-state index is 0.373. The van der Waals surface area contributed by atoms with Crippen LogP contribution in [-0.2, 0) is 12.8 Å². The SMILES string of the molecule is CCc1nsc(NC(C)CCc2ccco2)n1. The van der Waals surface area contributed by atoms with Crippen LogP contribution in [0.2, 0.25) is 0 Å². The number of nitrogens with zero attached hydrogens (tertiary/aromatic N) is 2. The van der Waals surface area contributed by atoms with E-state index < -0.39 is 0 Å². The van der Waals surface area contributed by atoms with Crippen LogP contribution in [0, 0.1) is 0 Å². The van der Waals surface area contributed by atoms with Crippen molar-refractivity contribution in [2.75, 3.05) is 5.32 Å². The summed E-state index contributed by atoms with van der Waals surface area (Å²) in [6.45, 7) is 4.21. The number of hydrogen-bond acceptors (Lipinski definition) is 5. The minimum Gasteiger partial charge on any atom is -0.469 e. The summed E-state index contributed by atoms with van der Waals surface area (Å²) in [5, 5.41) is 4.27. The van der Waals surface area contributed by atoms with E-state index in [1.165, 1.54) is 11.5 Å². The predicted octanol–water partition coefficient (Wildman–Crippen LogP) is 3.13. The lowest BCUT2D eigenvalue weighted by Crippen LogP contribution is -2.15. The zero-order chi connectivity index (χ0) is 12.1. The molecule has 1 atom stereocenters. The Morgan fingerprint density at radius 2 is 2.41 bits per heavy atom. The zero-order valence-electron chi connectivity index (χ0n) is 10.1. The Labute approximate surface area is 105 Å². The van der Waals surface area contributed by atoms with Crippen LogP contribution in [0.1, 0.15) is 31.9 Å². The number of nitrogens with one attached hydrogen (secondary N) is 1. The molecule has 2 aromatic heterocycles. The number of anilines is 1. The molecule has 0 radical (unpaired) electrons. The molecule has 2 aromatic rings. The lowest BCUT2D eigenvalue weighted by molar-refractivity contribution is 0.495. The summed E-state index contributed by atoms with van der Waals surface area (Å²) in [6.07, 6.45) is 4.57. The van der Waals surface area contributed by atoms with Crippen LogP contribution < -0.4 is 5.32 Å². The first-order valence-corrected chi connectivity index (χ1v) is 6.66. The van der Waals surface area contributed by atoms with Gasteiger partial charge in [-0.3, -0.25) is 0 Å². The van der Waals surface area contributed by atoms with Crippen molar-refractivity contribution in [2.45, 2.75) is 39.2 Å². The first-order chi connectivity index (χ1) is 8.28. The van der Waals surface area contributed by atoms with Gasteiger partial charge in [0, 0.05) is 30.4 Å². The average molecular weight is 251 g/mol. The van der Waals surface area contributed by atoms with Gasteiger partial charge in [-0.1, -0.05) is 6.92 Å². The molecule has 0 amide bonds. The third-order valence-corrected chi connectivity index (χ3v) is 3.24. The molecule has 5 heteroatoms. The smallest absolute Gasteiger partial charge is 0.202 e. The minimum absolute atomic E-state index is 0.373. The monoisotopic (exact) mass is 251 g/mol. The van der Waals surface area contributed by atoms with E-state index in [1.807, 2.05) is 12.1 Å². The van der Waals surface area contributed by atoms with E-state index >= 15 is 0 Å². The summed E-state index contributed by atoms with van der Waals surface area (Å²) < 4.78 is 9.55. The molecule has 0 aromatic carbocycles. The van der Waals surface area contributed by atoms with Crippen LogP contribution in [0.4, 0.5) is 5.13 Å². The molecule has 17 heavy (non-hydrogen) atoms. The average Bonchev–Trinajstić information content (AvgIpc) is 2.97. The van der Waals surface area contributed by atoms with Crippen molar-refractivity contribution in [1.82, 2.24) is 9.36 Å². The first-order valence-electron chi connectivity index (χ1n) is 5.89. The topological polar surface area (TPSA) is 51.0 Å². The van der Waals surface area contributed by atoms with Crippen LogP contribution in [0.25, 0.3) is 0 Å². The summed E-state index contributed by atoms with van der Waals surface area (Å²) >= 11 is 1.43. The van der Waals surface area contributed by atoms with Crippen molar-refractivity contribution in [3.8, 4) is 0 Å². The van der Waals surface area contributed by atoms with Gasteiger partial charge in [-0.25, -0.2) is 4.98 Å². The lowest BCUT2D eigenvalue weighted by atomic mass is 10.1. The fourth-order valence-electron chi connectivity index (χ4n) is 1.55. The lowest BCUT2D eigenvalue weighted by Gasteiger charge is -2.10. The van der Waals surface area contributed by atoms with Gasteiger partial charge < -0.3 is 9.73 Å². The number of hydrogen-bond donors (Lipinski definition) is 1. The van der Waals surface area contributed by atoms with Crippen molar-refractivity contribution < 1.29 is 4.42 Å². The van der Waals surface area contributed by atoms with Crippen LogP contribution >= 0.6 is 11.5 Å². The largest absolute Gasteiger partial charge is 0.469 e. The third kappa shape index (κ3) is 3.56. The van der Waals surface area contributed by atoms with E-state index in [0.29, 0.717) is 6.04 Å². The Morgan fingerprint density at radius 3 is 3.06 bits per heavy atom. The van der Waals surface area contributed by atoms with Crippen LogP contribution in [0.15, 0.2) is 22.8 Å². The maximum Gasteiger partial charge on any atom is 0.202 e. The van der Waals surface area contributed by atoms with E-state index in [4.69, 9.17) is 4.42 Å². The molecule has 1 unspecified atom stereocenters. The van der Waals surface area contributed by atoms with Crippen molar-refractivity contribution in [2.24, 2.45) is 0 Å². The first kappa shape index (κ1) is 12.1. The number of furan rings is 1. The Morgan fingerprint density at radius 1 is 1.53 bits per heavy atom. The van der Waals surface area contributed by atoms with Crippen LogP contribution in [-0.4, -0.2) is 15.4 Å². The molecule has 0 aliphatic heterocycles. The number of rotatable bonds is 6. The number of aromatic nitrogens is 2. The Hall–Kier alpha value is -1.36. The molecule has 4 nitrogen and oxygen atoms in total. The number of aryl methyl sites for hydroxylation is 2. The molecule has 0 aliphatic carbocycles. The normalized spacial score (nSPS) is 12.6. The second-order valence-electron chi connectivity index (χ2n) is 4.03. The van der Waals surface area contributed by atoms with Gasteiger partial charge in [0.05, 0.1) is 6.26 Å². The summed E-state index contributed by atoms with van der Waals surface area (Å²) in [5.41, 5.74) is 0. The maximum absolute atomic E-state index is 5.30. The molecule has 0 bridgehead atoms. The Bertz CT molecular complexity index is 438. The maximum atomic E-state index is 5.30. The molecule has 92 valence electrons. The molecule has 0 saturated carbocycles. The van der Waals surface area contributed by atoms with E-state index in [-0.39, 0.29) is 0 Å². The highest BCUT2D eigenvalue weighted by atomic mass is 32.1. The summed E-state index contributed by atoms with van der Waals surface area (Å²) in [4.78, 5) is 4.39. The summed E-state index contributed by atoms with van der Waals surface area (Å²) in [6, 6.07) is 4.30. The standard InChI is InChI=1S/C12H17N3OS/c1-3-11-14-12(17-15-11)13-9(2)6-7-10-5-4-8-16-10/h4-5,8-9H,3,6-7H2,1-2H3,(H,13,14,15). The van der Waals surface area contributed by atoms with Crippen LogP contribution in [0.5, 0.6) is 0 Å². The Kier molecular flexibility index (Phi) is 4.14. The highest BCUT2D eigenvalue weighted by Crippen LogP contribution is 2.14. The van der Waals surface area contributed by atoms with Gasteiger partial charge in [0.1, 0.15) is 11.6 Å². The fourth-order valence-corrected chi connectivity index (χ4v) is 2.31. The molecule has 0 fully saturated rings. The molecule has 0 spiro atoms. The molecule has 1 N–H and O–H groups in total. The molecule has 0 saturated heterocycles. The van der Waals surface area contributed by atoms with Crippen molar-refractivity contribution in [3.05, 3.63) is 30.0 Å². The second kappa shape index (κ2) is 5.82. The highest BCUT2D eigenvalue weighted by molar-refractivity contribution is 7.09. The fraction of sp³-hybridized carbons (Fsp3) is 0.500. The van der Waals surface area contributed by atoms with Gasteiger partial charge in [-0.15, -0.1) is 0 Å². The summed E-state index contributed by atoms with van der Waals surface area (Å²) in [5.74, 6) is 1.95. The van der Waals surface area contributed by atoms with Gasteiger partial charge in [0.15, 0.2) is 0 Å². The van der Waals surface area contributed by atoms with Gasteiger partial charge in [-0.2, -0.15) is 4.37 Å². The predicted molar refractivity (Wildman–Crippen MR) is 69.4 cm³/mol. The zero-order valence-corrected chi connectivity index (χ0v) is 11.0. The van der Waals surface area contributed by atoms with Crippen molar-refractivity contribution in [1.29, 1.82) is 0 Å². The molecule has 2 rings (SSSR count). The van der Waals surface area contributed by atoms with Gasteiger partial charge in [0.25, 0.3) is 0 Å². The van der Waals surface area contributed by atoms with E-state index in [0.717, 1.165) is 36.0 Å². The van der Waals surface area contributed by atoms with Gasteiger partial charge >= 0.3 is 0 Å². The second-order valence-corrected chi connectivity index (χ2v) is 4.78. The van der Waals surface area contributed by atoms with Gasteiger partial charge in [0.2, 0.25) is 5.13 Å². The van der Waals surface area contributed by atoms with E-state index in [2.05, 4.69) is 28.5 Å². The highest BCUT2D eigenvalue weighted by Gasteiger charge is 2.07. The molecule has 2 heterocycles. The van der Waals surface area contributed by atoms with Gasteiger partial charge in [-0.05, 0) is 25.5 Å². The van der Waals surface area contributed by atoms with E-state index in [1.54, 1.807) is 6.26 Å². The quantitative estimate of drug-likeness (QED) is 0.857. The summed E-state index contributed by atoms with van der Waals surface area (Å²) in [7, 11) is 0. The molecule has 0 aliphatic rings. The molecular formula is C12H17N3OS. The van der Waals surface area contributed by atoms with Crippen LogP contribution in [0.3, 0.4) is 0 Å². The Balaban J connectivity index is 1.78. The molecular weight excluding hydrogens is 234 g/mol.